The third kappa shape index (κ3) is 2.17. The molecule has 1 aromatic carbocycles. The predicted molar refractivity (Wildman–Crippen MR) is 41.3 cm³/mol. The summed E-state index contributed by atoms with van der Waals surface area (Å²) >= 11 is 0. The maximum atomic E-state index is 10.4. The molecule has 0 atom stereocenters. The van der Waals surface area contributed by atoms with Crippen molar-refractivity contribution in [1.29, 1.82) is 0 Å². The molecule has 0 saturated carbocycles. The normalized spacial score (nSPS) is 8.73. The van der Waals surface area contributed by atoms with Crippen LogP contribution in [0.2, 0.25) is 0 Å². The zero-order chi connectivity index (χ0) is 8.10. The number of nitroso groups, excluding NO2 is 1. The van der Waals surface area contributed by atoms with Gasteiger partial charge in [-0.15, -0.1) is 4.91 Å². The van der Waals surface area contributed by atoms with E-state index in [1.807, 2.05) is 6.07 Å². The van der Waals surface area contributed by atoms with Crippen LogP contribution >= 0.6 is 0 Å². The Morgan fingerprint density at radius 2 is 1.91 bits per heavy atom. The molecular weight excluding hydrogens is 144 g/mol. The van der Waals surface area contributed by atoms with E-state index in [4.69, 9.17) is 0 Å². The molecule has 0 saturated heterocycles. The van der Waals surface area contributed by atoms with Gasteiger partial charge in [-0.2, -0.15) is 0 Å². The number of amides is 2. The van der Waals surface area contributed by atoms with Crippen LogP contribution in [0.25, 0.3) is 0 Å². The van der Waals surface area contributed by atoms with Crippen LogP contribution in [-0.4, -0.2) is 6.03 Å². The molecule has 0 aliphatic rings. The van der Waals surface area contributed by atoms with Gasteiger partial charge in [-0.1, -0.05) is 18.2 Å². The van der Waals surface area contributed by atoms with Crippen LogP contribution in [0.5, 0.6) is 0 Å². The molecule has 0 bridgehead atoms. The summed E-state index contributed by atoms with van der Waals surface area (Å²) in [6.07, 6.45) is 0. The second kappa shape index (κ2) is 3.46. The summed E-state index contributed by atoms with van der Waals surface area (Å²) < 4.78 is 0. The average Bonchev–Trinajstić information content (AvgIpc) is 2.06. The molecule has 0 aromatic heterocycles. The molecule has 11 heavy (non-hydrogen) atoms. The highest BCUT2D eigenvalue weighted by Gasteiger charge is 1.97. The number of carbonyl (C=O) groups is 1. The molecule has 0 heterocycles. The lowest BCUT2D eigenvalue weighted by Gasteiger charge is -1.96. The zero-order valence-corrected chi connectivity index (χ0v) is 5.65. The molecule has 56 valence electrons. The Kier molecular flexibility index (Phi) is 2.32. The topological polar surface area (TPSA) is 58.5 Å². The quantitative estimate of drug-likeness (QED) is 0.622. The molecule has 0 radical (unpaired) electrons. The van der Waals surface area contributed by atoms with Gasteiger partial charge in [0.2, 0.25) is 0 Å². The summed E-state index contributed by atoms with van der Waals surface area (Å²) in [5.41, 5.74) is 0.567. The van der Waals surface area contributed by atoms with E-state index in [-0.39, 0.29) is 0 Å². The van der Waals surface area contributed by atoms with E-state index in [9.17, 15) is 9.70 Å². The van der Waals surface area contributed by atoms with Crippen molar-refractivity contribution in [2.75, 3.05) is 5.32 Å². The molecular formula is C7H6N2O2. The summed E-state index contributed by atoms with van der Waals surface area (Å²) in [5.74, 6) is 0. The van der Waals surface area contributed by atoms with Crippen LogP contribution < -0.4 is 5.32 Å². The molecule has 1 N–H and O–H groups in total. The number of urea groups is 1. The van der Waals surface area contributed by atoms with E-state index in [2.05, 4.69) is 10.5 Å². The lowest BCUT2D eigenvalue weighted by atomic mass is 10.3. The number of benzene rings is 1. The number of nitrogens with one attached hydrogen (secondary N) is 1. The first-order chi connectivity index (χ1) is 5.33. The Labute approximate surface area is 63.2 Å². The Bertz CT molecular complexity index is 258. The average molecular weight is 150 g/mol. The minimum atomic E-state index is -0.879. The Morgan fingerprint density at radius 3 is 2.45 bits per heavy atom. The summed E-state index contributed by atoms with van der Waals surface area (Å²) in [5, 5.41) is 4.46. The second-order valence-corrected chi connectivity index (χ2v) is 1.89. The van der Waals surface area contributed by atoms with Gasteiger partial charge in [-0.3, -0.25) is 0 Å². The van der Waals surface area contributed by atoms with Crippen molar-refractivity contribution in [1.82, 2.24) is 0 Å². The van der Waals surface area contributed by atoms with Crippen LogP contribution in [0.4, 0.5) is 10.5 Å². The van der Waals surface area contributed by atoms with Crippen molar-refractivity contribution < 1.29 is 4.79 Å². The van der Waals surface area contributed by atoms with Gasteiger partial charge in [0.1, 0.15) is 0 Å². The van der Waals surface area contributed by atoms with E-state index in [1.54, 1.807) is 24.3 Å². The molecule has 4 heteroatoms. The fourth-order valence-corrected chi connectivity index (χ4v) is 0.668. The Hall–Kier alpha value is -1.71. The molecule has 1 aromatic rings. The fraction of sp³-hybridized carbons (Fsp3) is 0. The van der Waals surface area contributed by atoms with Gasteiger partial charge < -0.3 is 5.32 Å². The first-order valence-electron chi connectivity index (χ1n) is 3.02. The molecule has 4 nitrogen and oxygen atoms in total. The molecule has 1 rings (SSSR count). The lowest BCUT2D eigenvalue weighted by molar-refractivity contribution is 0.259. The van der Waals surface area contributed by atoms with Gasteiger partial charge in [0.05, 0.1) is 0 Å². The predicted octanol–water partition coefficient (Wildman–Crippen LogP) is 1.98. The highest BCUT2D eigenvalue weighted by atomic mass is 16.3. The van der Waals surface area contributed by atoms with Gasteiger partial charge in [0, 0.05) is 10.9 Å². The largest absolute Gasteiger partial charge is 0.383 e. The maximum Gasteiger partial charge on any atom is 0.383 e. The van der Waals surface area contributed by atoms with E-state index in [1.165, 1.54) is 0 Å². The van der Waals surface area contributed by atoms with Gasteiger partial charge in [-0.05, 0) is 12.1 Å². The second-order valence-electron chi connectivity index (χ2n) is 1.89. The van der Waals surface area contributed by atoms with Crippen LogP contribution in [0.3, 0.4) is 0 Å². The molecule has 0 fully saturated rings. The Balaban J connectivity index is 2.65. The third-order valence-corrected chi connectivity index (χ3v) is 1.11. The molecule has 0 unspecified atom stereocenters. The first kappa shape index (κ1) is 7.40. The molecule has 0 aliphatic carbocycles. The van der Waals surface area contributed by atoms with Gasteiger partial charge >= 0.3 is 6.03 Å². The van der Waals surface area contributed by atoms with Crippen molar-refractivity contribution in [3.05, 3.63) is 35.2 Å². The number of anilines is 1. The summed E-state index contributed by atoms with van der Waals surface area (Å²) in [4.78, 5) is 20.0. The van der Waals surface area contributed by atoms with Crippen molar-refractivity contribution >= 4 is 11.7 Å². The van der Waals surface area contributed by atoms with Crippen molar-refractivity contribution in [2.24, 2.45) is 5.18 Å². The molecule has 2 amide bonds. The zero-order valence-electron chi connectivity index (χ0n) is 5.65. The number of nitrogens with zero attached hydrogens (tertiary/aromatic N) is 1. The van der Waals surface area contributed by atoms with Crippen molar-refractivity contribution in [3.63, 3.8) is 0 Å². The van der Waals surface area contributed by atoms with Gasteiger partial charge in [0.25, 0.3) is 0 Å². The minimum absolute atomic E-state index is 0.567. The van der Waals surface area contributed by atoms with Crippen LogP contribution in [0.15, 0.2) is 35.5 Å². The highest BCUT2D eigenvalue weighted by molar-refractivity contribution is 5.89. The summed E-state index contributed by atoms with van der Waals surface area (Å²) in [7, 11) is 0. The van der Waals surface area contributed by atoms with Crippen molar-refractivity contribution in [3.8, 4) is 0 Å². The standard InChI is InChI=1S/C7H6N2O2/c10-7(9-11)8-6-4-2-1-3-5-6/h1-5H,(H,8,10). The third-order valence-electron chi connectivity index (χ3n) is 1.11. The summed E-state index contributed by atoms with van der Waals surface area (Å²) in [6, 6.07) is 7.77. The van der Waals surface area contributed by atoms with E-state index < -0.39 is 6.03 Å². The van der Waals surface area contributed by atoms with Crippen molar-refractivity contribution in [2.45, 2.75) is 0 Å². The lowest BCUT2D eigenvalue weighted by Crippen LogP contribution is -2.04. The van der Waals surface area contributed by atoms with E-state index in [0.717, 1.165) is 0 Å². The maximum absolute atomic E-state index is 10.4. The van der Waals surface area contributed by atoms with Gasteiger partial charge in [0.15, 0.2) is 0 Å². The van der Waals surface area contributed by atoms with Crippen LogP contribution in [-0.2, 0) is 0 Å². The SMILES string of the molecule is O=NC(=O)Nc1ccccc1. The number of carbonyl (C=O) groups excluding carboxylic acids is 1. The first-order valence-corrected chi connectivity index (χ1v) is 3.02. The van der Waals surface area contributed by atoms with E-state index in [0.29, 0.717) is 5.69 Å². The number of para-hydroxylation sites is 1. The smallest absolute Gasteiger partial charge is 0.304 e. The fourth-order valence-electron chi connectivity index (χ4n) is 0.668. The summed E-state index contributed by atoms with van der Waals surface area (Å²) in [6.45, 7) is 0. The highest BCUT2D eigenvalue weighted by Crippen LogP contribution is 2.04. The monoisotopic (exact) mass is 150 g/mol. The van der Waals surface area contributed by atoms with Crippen LogP contribution in [0, 0.1) is 4.91 Å². The number of hydrogen-bond acceptors (Lipinski definition) is 2. The molecule has 0 spiro atoms. The number of hydrogen-bond donors (Lipinski definition) is 1. The van der Waals surface area contributed by atoms with E-state index >= 15 is 0 Å². The molecule has 0 aliphatic heterocycles. The Morgan fingerprint density at radius 1 is 1.27 bits per heavy atom. The number of rotatable bonds is 1. The van der Waals surface area contributed by atoms with Gasteiger partial charge in [-0.25, -0.2) is 4.79 Å². The van der Waals surface area contributed by atoms with Crippen LogP contribution in [0.1, 0.15) is 0 Å². The minimum Gasteiger partial charge on any atom is -0.304 e.